The van der Waals surface area contributed by atoms with Gasteiger partial charge in [0.2, 0.25) is 5.91 Å². The number of thiophene rings is 1. The zero-order valence-corrected chi connectivity index (χ0v) is 14.3. The molecule has 2 N–H and O–H groups in total. The third kappa shape index (κ3) is 3.43. The molecular formula is C17H16N4O3S. The Morgan fingerprint density at radius 3 is 2.60 bits per heavy atom. The first-order valence-corrected chi connectivity index (χ1v) is 8.46. The molecule has 0 bridgehead atoms. The fourth-order valence-electron chi connectivity index (χ4n) is 2.52. The second kappa shape index (κ2) is 6.86. The summed E-state index contributed by atoms with van der Waals surface area (Å²) in [5.74, 6) is -1.03. The molecule has 0 aliphatic rings. The number of likely N-dealkylation sites (N-methyl/N-ethyl adjacent to an activating group) is 1. The summed E-state index contributed by atoms with van der Waals surface area (Å²) in [7, 11) is 1.65. The van der Waals surface area contributed by atoms with Gasteiger partial charge in [-0.25, -0.2) is 4.68 Å². The van der Waals surface area contributed by atoms with Crippen LogP contribution in [0.3, 0.4) is 0 Å². The summed E-state index contributed by atoms with van der Waals surface area (Å²) in [4.78, 5) is 38.1. The number of aromatic nitrogens is 2. The van der Waals surface area contributed by atoms with Crippen LogP contribution >= 0.6 is 11.3 Å². The summed E-state index contributed by atoms with van der Waals surface area (Å²) in [6.07, 6.45) is 0. The Labute approximate surface area is 147 Å². The number of carbonyl (C=O) groups is 2. The van der Waals surface area contributed by atoms with Crippen LogP contribution in [0.5, 0.6) is 0 Å². The van der Waals surface area contributed by atoms with Crippen molar-refractivity contribution in [2.24, 2.45) is 5.73 Å². The van der Waals surface area contributed by atoms with E-state index >= 15 is 0 Å². The summed E-state index contributed by atoms with van der Waals surface area (Å²) in [6, 6.07) is 8.50. The molecule has 0 saturated heterocycles. The van der Waals surface area contributed by atoms with Crippen molar-refractivity contribution in [3.8, 4) is 0 Å². The first-order valence-electron chi connectivity index (χ1n) is 7.52. The first kappa shape index (κ1) is 16.8. The summed E-state index contributed by atoms with van der Waals surface area (Å²) < 4.78 is 0.995. The molecule has 1 aromatic carbocycles. The van der Waals surface area contributed by atoms with Gasteiger partial charge in [-0.15, -0.1) is 0 Å². The number of carbonyl (C=O) groups excluding carboxylic acids is 2. The summed E-state index contributed by atoms with van der Waals surface area (Å²) in [5.41, 5.74) is 5.92. The number of nitrogens with two attached hydrogens (primary N) is 1. The van der Waals surface area contributed by atoms with Crippen molar-refractivity contribution in [3.05, 3.63) is 62.7 Å². The zero-order valence-electron chi connectivity index (χ0n) is 13.5. The molecule has 3 rings (SSSR count). The van der Waals surface area contributed by atoms with Gasteiger partial charge in [-0.05, 0) is 28.5 Å². The minimum atomic E-state index is -0.746. The van der Waals surface area contributed by atoms with Gasteiger partial charge >= 0.3 is 0 Å². The lowest BCUT2D eigenvalue weighted by molar-refractivity contribution is -0.131. The van der Waals surface area contributed by atoms with Crippen molar-refractivity contribution >= 4 is 33.9 Å². The maximum absolute atomic E-state index is 12.6. The number of nitrogens with zero attached hydrogens (tertiary/aromatic N) is 3. The van der Waals surface area contributed by atoms with E-state index in [9.17, 15) is 14.4 Å². The van der Waals surface area contributed by atoms with Gasteiger partial charge < -0.3 is 10.6 Å². The van der Waals surface area contributed by atoms with Gasteiger partial charge in [-0.2, -0.15) is 16.4 Å². The fourth-order valence-corrected chi connectivity index (χ4v) is 3.18. The van der Waals surface area contributed by atoms with E-state index in [1.54, 1.807) is 42.6 Å². The van der Waals surface area contributed by atoms with Gasteiger partial charge in [0, 0.05) is 19.0 Å². The van der Waals surface area contributed by atoms with E-state index in [4.69, 9.17) is 5.73 Å². The second-order valence-electron chi connectivity index (χ2n) is 5.60. The lowest BCUT2D eigenvalue weighted by Gasteiger charge is -2.17. The molecule has 25 heavy (non-hydrogen) atoms. The summed E-state index contributed by atoms with van der Waals surface area (Å²) >= 11 is 1.55. The molecule has 0 spiro atoms. The molecule has 128 valence electrons. The third-order valence-corrected chi connectivity index (χ3v) is 4.54. The minimum absolute atomic E-state index is 0.0245. The van der Waals surface area contributed by atoms with E-state index in [2.05, 4.69) is 5.10 Å². The quantitative estimate of drug-likeness (QED) is 0.743. The Bertz CT molecular complexity index is 995. The summed E-state index contributed by atoms with van der Waals surface area (Å²) in [5, 5.41) is 8.58. The maximum Gasteiger partial charge on any atom is 0.275 e. The van der Waals surface area contributed by atoms with Crippen molar-refractivity contribution in [2.75, 3.05) is 7.05 Å². The molecule has 0 fully saturated rings. The molecule has 8 heteroatoms. The smallest absolute Gasteiger partial charge is 0.275 e. The highest BCUT2D eigenvalue weighted by molar-refractivity contribution is 7.07. The summed E-state index contributed by atoms with van der Waals surface area (Å²) in [6.45, 7) is 0.178. The highest BCUT2D eigenvalue weighted by Crippen LogP contribution is 2.13. The number of hydrogen-bond donors (Lipinski definition) is 1. The normalized spacial score (nSPS) is 10.8. The highest BCUT2D eigenvalue weighted by atomic mass is 32.1. The fraction of sp³-hybridized carbons (Fsp3) is 0.176. The van der Waals surface area contributed by atoms with Crippen LogP contribution < -0.4 is 11.3 Å². The molecule has 0 aliphatic carbocycles. The molecule has 2 aromatic heterocycles. The van der Waals surface area contributed by atoms with Crippen LogP contribution in [0, 0.1) is 0 Å². The molecule has 2 amide bonds. The average molecular weight is 356 g/mol. The van der Waals surface area contributed by atoms with Crippen LogP contribution in [0.4, 0.5) is 0 Å². The molecule has 0 atom stereocenters. The van der Waals surface area contributed by atoms with E-state index in [1.165, 1.54) is 4.90 Å². The number of benzene rings is 1. The molecule has 2 heterocycles. The van der Waals surface area contributed by atoms with Crippen molar-refractivity contribution < 1.29 is 9.59 Å². The van der Waals surface area contributed by atoms with Gasteiger partial charge in [0.05, 0.1) is 5.39 Å². The van der Waals surface area contributed by atoms with E-state index in [-0.39, 0.29) is 18.1 Å². The number of primary amides is 1. The molecule has 0 aliphatic heterocycles. The average Bonchev–Trinajstić information content (AvgIpc) is 3.10. The topological polar surface area (TPSA) is 98.3 Å². The standard InChI is InChI=1S/C17H16N4O3S/c1-20(8-11-6-7-25-10-11)14(22)9-21-17(24)13-5-3-2-4-12(13)15(19-21)16(18)23/h2-7,10H,8-9H2,1H3,(H2,18,23). The monoisotopic (exact) mass is 356 g/mol. The third-order valence-electron chi connectivity index (χ3n) is 3.81. The molecule has 3 aromatic rings. The van der Waals surface area contributed by atoms with Crippen LogP contribution in [0.2, 0.25) is 0 Å². The van der Waals surface area contributed by atoms with Crippen LogP contribution in [-0.2, 0) is 17.9 Å². The predicted octanol–water partition coefficient (Wildman–Crippen LogP) is 1.22. The molecule has 0 radical (unpaired) electrons. The lowest BCUT2D eigenvalue weighted by atomic mass is 10.1. The number of hydrogen-bond acceptors (Lipinski definition) is 5. The van der Waals surface area contributed by atoms with E-state index in [0.717, 1.165) is 10.2 Å². The van der Waals surface area contributed by atoms with Gasteiger partial charge in [-0.3, -0.25) is 14.4 Å². The van der Waals surface area contributed by atoms with Crippen LogP contribution in [0.1, 0.15) is 16.1 Å². The van der Waals surface area contributed by atoms with Crippen molar-refractivity contribution in [2.45, 2.75) is 13.1 Å². The Morgan fingerprint density at radius 2 is 1.96 bits per heavy atom. The Hall–Kier alpha value is -3.00. The van der Waals surface area contributed by atoms with Crippen molar-refractivity contribution in [3.63, 3.8) is 0 Å². The first-order chi connectivity index (χ1) is 12.0. The van der Waals surface area contributed by atoms with E-state index in [1.807, 2.05) is 16.8 Å². The maximum atomic E-state index is 12.6. The van der Waals surface area contributed by atoms with Crippen molar-refractivity contribution in [1.82, 2.24) is 14.7 Å². The van der Waals surface area contributed by atoms with E-state index in [0.29, 0.717) is 17.3 Å². The van der Waals surface area contributed by atoms with Gasteiger partial charge in [-0.1, -0.05) is 18.2 Å². The van der Waals surface area contributed by atoms with Crippen LogP contribution in [0.25, 0.3) is 10.8 Å². The lowest BCUT2D eigenvalue weighted by Crippen LogP contribution is -2.36. The molecule has 0 saturated carbocycles. The van der Waals surface area contributed by atoms with Gasteiger partial charge in [0.15, 0.2) is 5.69 Å². The number of amides is 2. The number of rotatable bonds is 5. The van der Waals surface area contributed by atoms with Crippen LogP contribution in [-0.4, -0.2) is 33.5 Å². The number of fused-ring (bicyclic) bond motifs is 1. The second-order valence-corrected chi connectivity index (χ2v) is 6.38. The van der Waals surface area contributed by atoms with Gasteiger partial charge in [0.25, 0.3) is 11.5 Å². The predicted molar refractivity (Wildman–Crippen MR) is 95.3 cm³/mol. The largest absolute Gasteiger partial charge is 0.364 e. The molecule has 0 unspecified atom stereocenters. The zero-order chi connectivity index (χ0) is 18.0. The SMILES string of the molecule is CN(Cc1ccsc1)C(=O)Cn1nc(C(N)=O)c2ccccc2c1=O. The van der Waals surface area contributed by atoms with E-state index < -0.39 is 11.5 Å². The van der Waals surface area contributed by atoms with Crippen molar-refractivity contribution in [1.29, 1.82) is 0 Å². The molecule has 7 nitrogen and oxygen atoms in total. The Balaban J connectivity index is 1.93. The Kier molecular flexibility index (Phi) is 4.62. The molecular weight excluding hydrogens is 340 g/mol. The van der Waals surface area contributed by atoms with Crippen LogP contribution in [0.15, 0.2) is 45.9 Å². The highest BCUT2D eigenvalue weighted by Gasteiger charge is 2.17. The van der Waals surface area contributed by atoms with Gasteiger partial charge in [0.1, 0.15) is 6.54 Å². The Morgan fingerprint density at radius 1 is 1.24 bits per heavy atom. The minimum Gasteiger partial charge on any atom is -0.364 e.